The first kappa shape index (κ1) is 31.9. The number of carbonyl (C=O) groups excluding carboxylic acids is 2. The number of nitrogens with zero attached hydrogens (tertiary/aromatic N) is 6. The first-order valence-corrected chi connectivity index (χ1v) is 14.9. The Labute approximate surface area is 268 Å². The molecule has 13 heteroatoms. The van der Waals surface area contributed by atoms with Gasteiger partial charge in [0.15, 0.2) is 11.5 Å². The highest BCUT2D eigenvalue weighted by atomic mass is 35.5. The van der Waals surface area contributed by atoms with Gasteiger partial charge in [-0.2, -0.15) is 5.10 Å². The number of anilines is 3. The third-order valence-electron chi connectivity index (χ3n) is 8.12. The molecule has 45 heavy (non-hydrogen) atoms. The standard InChI is InChI=1S/C32H37N9O3.ClH/c1-39-14-16-40(17-15-39)26-9-5-8-24(18-26)37-31(42)29(22-6-3-2-4-7-22)44-32(43)28-30(33)35-20-27(38-28)23-19-36-41(21-23)25-10-12-34-13-11-25;/h2-9,18-21,25,29,34H,10-17H2,1H3,(H2,33,35)(H,37,42);1H/t29-;/m1./s1. The predicted octanol–water partition coefficient (Wildman–Crippen LogP) is 3.56. The van der Waals surface area contributed by atoms with Gasteiger partial charge in [-0.1, -0.05) is 36.4 Å². The first-order valence-electron chi connectivity index (χ1n) is 14.9. The molecule has 2 aromatic carbocycles. The Kier molecular flexibility index (Phi) is 10.3. The van der Waals surface area contributed by atoms with E-state index in [-0.39, 0.29) is 23.9 Å². The van der Waals surface area contributed by atoms with Crippen LogP contribution in [0, 0.1) is 0 Å². The molecule has 0 unspecified atom stereocenters. The number of nitrogens with one attached hydrogen (secondary N) is 2. The van der Waals surface area contributed by atoms with E-state index in [1.807, 2.05) is 41.2 Å². The maximum absolute atomic E-state index is 13.6. The Hall–Kier alpha value is -4.52. The Morgan fingerprint density at radius 3 is 2.53 bits per heavy atom. The average molecular weight is 632 g/mol. The van der Waals surface area contributed by atoms with Crippen molar-refractivity contribution in [2.75, 3.05) is 62.3 Å². The van der Waals surface area contributed by atoms with Gasteiger partial charge < -0.3 is 30.9 Å². The zero-order valence-corrected chi connectivity index (χ0v) is 25.9. The topological polar surface area (TPSA) is 144 Å². The Bertz CT molecular complexity index is 1600. The van der Waals surface area contributed by atoms with Gasteiger partial charge in [-0.05, 0) is 51.2 Å². The molecule has 0 radical (unpaired) electrons. The lowest BCUT2D eigenvalue weighted by atomic mass is 10.1. The summed E-state index contributed by atoms with van der Waals surface area (Å²) in [4.78, 5) is 40.4. The molecule has 6 rings (SSSR count). The smallest absolute Gasteiger partial charge is 0.361 e. The van der Waals surface area contributed by atoms with Gasteiger partial charge in [0.05, 0.1) is 24.1 Å². The van der Waals surface area contributed by atoms with E-state index in [2.05, 4.69) is 42.5 Å². The van der Waals surface area contributed by atoms with Crippen LogP contribution >= 0.6 is 12.4 Å². The number of piperidine rings is 1. The van der Waals surface area contributed by atoms with E-state index in [0.717, 1.165) is 57.8 Å². The second-order valence-electron chi connectivity index (χ2n) is 11.2. The van der Waals surface area contributed by atoms with Gasteiger partial charge >= 0.3 is 5.97 Å². The summed E-state index contributed by atoms with van der Waals surface area (Å²) in [6, 6.07) is 16.8. The number of rotatable bonds is 8. The third kappa shape index (κ3) is 7.59. The molecular weight excluding hydrogens is 594 g/mol. The molecule has 2 fully saturated rings. The van der Waals surface area contributed by atoms with Crippen LogP contribution in [0.5, 0.6) is 0 Å². The summed E-state index contributed by atoms with van der Waals surface area (Å²) >= 11 is 0. The van der Waals surface area contributed by atoms with Crippen LogP contribution in [0.2, 0.25) is 0 Å². The number of hydrogen-bond acceptors (Lipinski definition) is 10. The van der Waals surface area contributed by atoms with Crippen LogP contribution in [0.25, 0.3) is 11.3 Å². The number of carbonyl (C=O) groups is 2. The van der Waals surface area contributed by atoms with Crippen molar-refractivity contribution in [3.63, 3.8) is 0 Å². The van der Waals surface area contributed by atoms with Gasteiger partial charge in [0.2, 0.25) is 6.10 Å². The number of amides is 1. The summed E-state index contributed by atoms with van der Waals surface area (Å²) in [6.45, 7) is 5.62. The van der Waals surface area contributed by atoms with Crippen LogP contribution in [0.3, 0.4) is 0 Å². The number of esters is 1. The molecule has 0 aliphatic carbocycles. The minimum absolute atomic E-state index is 0. The van der Waals surface area contributed by atoms with Gasteiger partial charge in [-0.25, -0.2) is 14.8 Å². The largest absolute Gasteiger partial charge is 0.442 e. The SMILES string of the molecule is CN1CCN(c2cccc(NC(=O)[C@H](OC(=O)c3nc(-c4cnn(C5CCNCC5)c4)cnc3N)c3ccccc3)c2)CC1.Cl. The van der Waals surface area contributed by atoms with Crippen molar-refractivity contribution in [2.45, 2.75) is 25.0 Å². The summed E-state index contributed by atoms with van der Waals surface area (Å²) in [5.74, 6) is -1.43. The zero-order chi connectivity index (χ0) is 30.5. The van der Waals surface area contributed by atoms with Crippen molar-refractivity contribution in [1.82, 2.24) is 30.0 Å². The Balaban J connectivity index is 0.00000400. The van der Waals surface area contributed by atoms with E-state index in [9.17, 15) is 9.59 Å². The lowest BCUT2D eigenvalue weighted by Gasteiger charge is -2.34. The molecule has 1 atom stereocenters. The van der Waals surface area contributed by atoms with Crippen molar-refractivity contribution in [2.24, 2.45) is 0 Å². The van der Waals surface area contributed by atoms with Gasteiger partial charge in [0, 0.05) is 54.9 Å². The second kappa shape index (κ2) is 14.5. The lowest BCUT2D eigenvalue weighted by molar-refractivity contribution is -0.125. The molecular formula is C32H38ClN9O3. The number of nitrogen functional groups attached to an aromatic ring is 1. The quantitative estimate of drug-likeness (QED) is 0.247. The van der Waals surface area contributed by atoms with Crippen LogP contribution in [0.4, 0.5) is 17.2 Å². The highest BCUT2D eigenvalue weighted by molar-refractivity contribution is 5.99. The number of ether oxygens (including phenoxy) is 1. The number of hydrogen-bond donors (Lipinski definition) is 3. The molecule has 2 aliphatic heterocycles. The fourth-order valence-electron chi connectivity index (χ4n) is 5.55. The summed E-state index contributed by atoms with van der Waals surface area (Å²) in [5, 5.41) is 10.8. The average Bonchev–Trinajstić information content (AvgIpc) is 3.55. The second-order valence-corrected chi connectivity index (χ2v) is 11.2. The van der Waals surface area contributed by atoms with Crippen molar-refractivity contribution in [3.05, 3.63) is 84.4 Å². The third-order valence-corrected chi connectivity index (χ3v) is 8.12. The minimum Gasteiger partial charge on any atom is -0.442 e. The number of piperazine rings is 1. The molecule has 0 saturated carbocycles. The molecule has 0 bridgehead atoms. The molecule has 1 amide bonds. The summed E-state index contributed by atoms with van der Waals surface area (Å²) in [7, 11) is 2.11. The Morgan fingerprint density at radius 1 is 1.02 bits per heavy atom. The van der Waals surface area contributed by atoms with Crippen molar-refractivity contribution < 1.29 is 14.3 Å². The number of nitrogens with two attached hydrogens (primary N) is 1. The van der Waals surface area contributed by atoms with Gasteiger partial charge in [-0.15, -0.1) is 12.4 Å². The molecule has 2 aliphatic rings. The van der Waals surface area contributed by atoms with Crippen LogP contribution < -0.4 is 21.3 Å². The van der Waals surface area contributed by atoms with Crippen LogP contribution in [-0.2, 0) is 9.53 Å². The maximum Gasteiger partial charge on any atom is 0.361 e. The van der Waals surface area contributed by atoms with E-state index in [4.69, 9.17) is 10.5 Å². The zero-order valence-electron chi connectivity index (χ0n) is 25.1. The van der Waals surface area contributed by atoms with Crippen molar-refractivity contribution >= 4 is 41.5 Å². The first-order chi connectivity index (χ1) is 21.4. The van der Waals surface area contributed by atoms with E-state index in [1.165, 1.54) is 6.20 Å². The molecule has 2 aromatic heterocycles. The van der Waals surface area contributed by atoms with Crippen LogP contribution in [-0.4, -0.2) is 82.8 Å². The summed E-state index contributed by atoms with van der Waals surface area (Å²) in [6.07, 6.45) is 5.83. The van der Waals surface area contributed by atoms with Crippen LogP contribution in [0.1, 0.15) is 41.0 Å². The minimum atomic E-state index is -1.25. The number of benzene rings is 2. The molecule has 12 nitrogen and oxygen atoms in total. The van der Waals surface area contributed by atoms with E-state index >= 15 is 0 Å². The Morgan fingerprint density at radius 2 is 1.78 bits per heavy atom. The molecule has 2 saturated heterocycles. The van der Waals surface area contributed by atoms with Gasteiger partial charge in [0.25, 0.3) is 5.91 Å². The molecule has 4 N–H and O–H groups in total. The molecule has 236 valence electrons. The number of aromatic nitrogens is 4. The molecule has 0 spiro atoms. The summed E-state index contributed by atoms with van der Waals surface area (Å²) < 4.78 is 7.74. The summed E-state index contributed by atoms with van der Waals surface area (Å²) in [5.41, 5.74) is 9.22. The maximum atomic E-state index is 13.6. The van der Waals surface area contributed by atoms with Crippen LogP contribution in [0.15, 0.2) is 73.2 Å². The van der Waals surface area contributed by atoms with Gasteiger partial charge in [-0.3, -0.25) is 9.48 Å². The van der Waals surface area contributed by atoms with Crippen molar-refractivity contribution in [1.29, 1.82) is 0 Å². The molecule has 4 aromatic rings. The van der Waals surface area contributed by atoms with Crippen molar-refractivity contribution in [3.8, 4) is 11.3 Å². The highest BCUT2D eigenvalue weighted by Gasteiger charge is 2.28. The van der Waals surface area contributed by atoms with E-state index in [1.54, 1.807) is 30.5 Å². The molecule has 4 heterocycles. The number of halogens is 1. The monoisotopic (exact) mass is 631 g/mol. The lowest BCUT2D eigenvalue weighted by Crippen LogP contribution is -2.44. The predicted molar refractivity (Wildman–Crippen MR) is 175 cm³/mol. The fourth-order valence-corrected chi connectivity index (χ4v) is 5.55. The normalized spacial score (nSPS) is 16.4. The van der Waals surface area contributed by atoms with E-state index in [0.29, 0.717) is 28.6 Å². The highest BCUT2D eigenvalue weighted by Crippen LogP contribution is 2.27. The van der Waals surface area contributed by atoms with Gasteiger partial charge in [0.1, 0.15) is 0 Å². The fraction of sp³-hybridized carbons (Fsp3) is 0.344. The number of likely N-dealkylation sites (N-methyl/N-ethyl adjacent to an activating group) is 1. The van der Waals surface area contributed by atoms with E-state index < -0.39 is 18.0 Å².